The van der Waals surface area contributed by atoms with Gasteiger partial charge in [0.25, 0.3) is 0 Å². The Morgan fingerprint density at radius 2 is 1.96 bits per heavy atom. The molecule has 0 atom stereocenters. The first-order valence-corrected chi connectivity index (χ1v) is 7.15. The van der Waals surface area contributed by atoms with Crippen LogP contribution >= 0.6 is 0 Å². The highest BCUT2D eigenvalue weighted by Crippen LogP contribution is 2.23. The van der Waals surface area contributed by atoms with E-state index in [0.29, 0.717) is 18.1 Å². The van der Waals surface area contributed by atoms with Gasteiger partial charge in [-0.2, -0.15) is 5.10 Å². The van der Waals surface area contributed by atoms with E-state index in [0.717, 1.165) is 16.8 Å². The maximum absolute atomic E-state index is 4.53. The Bertz CT molecular complexity index is 933. The SMILES string of the molecule is c1ccc(CNc2nccc(-c3[nH]nc4ncncc34)n2)cc1. The van der Waals surface area contributed by atoms with Gasteiger partial charge in [0.05, 0.1) is 16.8 Å². The van der Waals surface area contributed by atoms with Crippen LogP contribution in [-0.2, 0) is 6.54 Å². The van der Waals surface area contributed by atoms with Crippen molar-refractivity contribution in [2.24, 2.45) is 0 Å². The molecule has 0 aliphatic carbocycles. The maximum Gasteiger partial charge on any atom is 0.223 e. The Morgan fingerprint density at radius 1 is 1.04 bits per heavy atom. The van der Waals surface area contributed by atoms with Crippen molar-refractivity contribution in [1.82, 2.24) is 30.1 Å². The molecule has 1 aromatic carbocycles. The zero-order chi connectivity index (χ0) is 15.5. The summed E-state index contributed by atoms with van der Waals surface area (Å²) in [7, 11) is 0. The molecule has 0 spiro atoms. The molecule has 0 amide bonds. The van der Waals surface area contributed by atoms with E-state index in [4.69, 9.17) is 0 Å². The number of nitrogens with one attached hydrogen (secondary N) is 2. The van der Waals surface area contributed by atoms with Crippen molar-refractivity contribution in [3.63, 3.8) is 0 Å². The number of rotatable bonds is 4. The van der Waals surface area contributed by atoms with E-state index in [1.54, 1.807) is 12.4 Å². The van der Waals surface area contributed by atoms with Crippen LogP contribution in [0.4, 0.5) is 5.95 Å². The van der Waals surface area contributed by atoms with E-state index >= 15 is 0 Å². The molecule has 7 heteroatoms. The van der Waals surface area contributed by atoms with Crippen molar-refractivity contribution < 1.29 is 0 Å². The molecule has 0 aliphatic heterocycles. The van der Waals surface area contributed by atoms with Crippen LogP contribution in [0.5, 0.6) is 0 Å². The third-order valence-corrected chi connectivity index (χ3v) is 3.44. The van der Waals surface area contributed by atoms with Gasteiger partial charge in [-0.05, 0) is 11.6 Å². The smallest absolute Gasteiger partial charge is 0.223 e. The van der Waals surface area contributed by atoms with Gasteiger partial charge in [0.1, 0.15) is 6.33 Å². The van der Waals surface area contributed by atoms with Gasteiger partial charge in [-0.1, -0.05) is 30.3 Å². The summed E-state index contributed by atoms with van der Waals surface area (Å²) in [5.41, 5.74) is 3.31. The van der Waals surface area contributed by atoms with Crippen molar-refractivity contribution >= 4 is 17.0 Å². The molecule has 2 N–H and O–H groups in total. The molecule has 3 aromatic heterocycles. The van der Waals surface area contributed by atoms with Crippen LogP contribution in [0, 0.1) is 0 Å². The number of aromatic nitrogens is 6. The van der Waals surface area contributed by atoms with E-state index in [1.165, 1.54) is 11.9 Å². The maximum atomic E-state index is 4.53. The second-order valence-corrected chi connectivity index (χ2v) is 4.96. The predicted molar refractivity (Wildman–Crippen MR) is 86.5 cm³/mol. The first-order chi connectivity index (χ1) is 11.4. The molecule has 3 heterocycles. The molecular formula is C16H13N7. The van der Waals surface area contributed by atoms with Crippen LogP contribution < -0.4 is 5.32 Å². The molecule has 0 aliphatic rings. The van der Waals surface area contributed by atoms with Crippen LogP contribution in [0.3, 0.4) is 0 Å². The minimum Gasteiger partial charge on any atom is -0.350 e. The first-order valence-electron chi connectivity index (χ1n) is 7.15. The monoisotopic (exact) mass is 303 g/mol. The van der Waals surface area contributed by atoms with Crippen molar-refractivity contribution in [3.05, 3.63) is 60.7 Å². The van der Waals surface area contributed by atoms with Crippen LogP contribution in [0.1, 0.15) is 5.56 Å². The summed E-state index contributed by atoms with van der Waals surface area (Å²) in [5.74, 6) is 0.561. The normalized spacial score (nSPS) is 10.8. The second kappa shape index (κ2) is 5.80. The lowest BCUT2D eigenvalue weighted by atomic mass is 10.2. The fourth-order valence-corrected chi connectivity index (χ4v) is 2.31. The largest absolute Gasteiger partial charge is 0.350 e. The van der Waals surface area contributed by atoms with Crippen molar-refractivity contribution in [3.8, 4) is 11.4 Å². The number of H-pyrrole nitrogens is 1. The van der Waals surface area contributed by atoms with Gasteiger partial charge in [0.15, 0.2) is 5.65 Å². The Hall–Kier alpha value is -3.35. The summed E-state index contributed by atoms with van der Waals surface area (Å²) in [4.78, 5) is 16.9. The van der Waals surface area contributed by atoms with E-state index < -0.39 is 0 Å². The van der Waals surface area contributed by atoms with E-state index in [1.807, 2.05) is 24.3 Å². The molecule has 7 nitrogen and oxygen atoms in total. The standard InChI is InChI=1S/C16H13N7/c1-2-4-11(5-3-1)8-19-16-18-7-6-13(21-16)14-12-9-17-10-20-15(12)23-22-14/h1-7,9-10H,8H2,(H,18,19,21)(H,17,20,22,23). The molecule has 0 radical (unpaired) electrons. The molecule has 23 heavy (non-hydrogen) atoms. The number of benzene rings is 1. The van der Waals surface area contributed by atoms with Crippen LogP contribution in [0.2, 0.25) is 0 Å². The van der Waals surface area contributed by atoms with E-state index in [9.17, 15) is 0 Å². The lowest BCUT2D eigenvalue weighted by molar-refractivity contribution is 1.04. The second-order valence-electron chi connectivity index (χ2n) is 4.96. The zero-order valence-corrected chi connectivity index (χ0v) is 12.1. The molecule has 0 fully saturated rings. The number of hydrogen-bond donors (Lipinski definition) is 2. The van der Waals surface area contributed by atoms with Crippen LogP contribution in [0.25, 0.3) is 22.4 Å². The third kappa shape index (κ3) is 2.71. The van der Waals surface area contributed by atoms with E-state index in [2.05, 4.69) is 47.6 Å². The van der Waals surface area contributed by atoms with Gasteiger partial charge in [0, 0.05) is 18.9 Å². The Balaban J connectivity index is 1.61. The summed E-state index contributed by atoms with van der Waals surface area (Å²) in [6.45, 7) is 0.664. The van der Waals surface area contributed by atoms with Crippen molar-refractivity contribution in [2.45, 2.75) is 6.54 Å². The zero-order valence-electron chi connectivity index (χ0n) is 12.1. The minimum atomic E-state index is 0.561. The Kier molecular flexibility index (Phi) is 3.36. The molecule has 4 rings (SSSR count). The van der Waals surface area contributed by atoms with Crippen molar-refractivity contribution in [2.75, 3.05) is 5.32 Å². The molecule has 0 unspecified atom stereocenters. The number of hydrogen-bond acceptors (Lipinski definition) is 6. The molecule has 4 aromatic rings. The van der Waals surface area contributed by atoms with Gasteiger partial charge < -0.3 is 5.32 Å². The van der Waals surface area contributed by atoms with Crippen molar-refractivity contribution in [1.29, 1.82) is 0 Å². The molecular weight excluding hydrogens is 290 g/mol. The highest BCUT2D eigenvalue weighted by Gasteiger charge is 2.10. The highest BCUT2D eigenvalue weighted by molar-refractivity contribution is 5.88. The fraction of sp³-hybridized carbons (Fsp3) is 0.0625. The number of fused-ring (bicyclic) bond motifs is 1. The summed E-state index contributed by atoms with van der Waals surface area (Å²) >= 11 is 0. The van der Waals surface area contributed by atoms with Gasteiger partial charge >= 0.3 is 0 Å². The number of aromatic amines is 1. The average Bonchev–Trinajstić information content (AvgIpc) is 3.05. The Morgan fingerprint density at radius 3 is 2.87 bits per heavy atom. The lowest BCUT2D eigenvalue weighted by Gasteiger charge is -2.06. The summed E-state index contributed by atoms with van der Waals surface area (Å²) in [6, 6.07) is 11.9. The highest BCUT2D eigenvalue weighted by atomic mass is 15.2. The molecule has 112 valence electrons. The number of anilines is 1. The quantitative estimate of drug-likeness (QED) is 0.601. The summed E-state index contributed by atoms with van der Waals surface area (Å²) in [5, 5.41) is 11.2. The topological polar surface area (TPSA) is 92.3 Å². The van der Waals surface area contributed by atoms with Gasteiger partial charge in [-0.25, -0.2) is 19.9 Å². The lowest BCUT2D eigenvalue weighted by Crippen LogP contribution is -2.03. The van der Waals surface area contributed by atoms with Crippen LogP contribution in [-0.4, -0.2) is 30.1 Å². The fourth-order valence-electron chi connectivity index (χ4n) is 2.31. The minimum absolute atomic E-state index is 0.561. The average molecular weight is 303 g/mol. The molecule has 0 saturated carbocycles. The summed E-state index contributed by atoms with van der Waals surface area (Å²) < 4.78 is 0. The molecule has 0 saturated heterocycles. The number of nitrogens with zero attached hydrogens (tertiary/aromatic N) is 5. The predicted octanol–water partition coefficient (Wildman–Crippen LogP) is 2.42. The summed E-state index contributed by atoms with van der Waals surface area (Å²) in [6.07, 6.45) is 4.91. The third-order valence-electron chi connectivity index (χ3n) is 3.44. The van der Waals surface area contributed by atoms with Crippen LogP contribution in [0.15, 0.2) is 55.1 Å². The first kappa shape index (κ1) is 13.3. The van der Waals surface area contributed by atoms with Gasteiger partial charge in [0.2, 0.25) is 5.95 Å². The Labute approximate surface area is 131 Å². The molecule has 0 bridgehead atoms. The van der Waals surface area contributed by atoms with Gasteiger partial charge in [-0.3, -0.25) is 5.10 Å². The van der Waals surface area contributed by atoms with Gasteiger partial charge in [-0.15, -0.1) is 0 Å². The van der Waals surface area contributed by atoms with E-state index in [-0.39, 0.29) is 0 Å².